The summed E-state index contributed by atoms with van der Waals surface area (Å²) in [5.74, 6) is 0. The van der Waals surface area contributed by atoms with Crippen LogP contribution in [0.15, 0.2) is 48.5 Å². The lowest BCUT2D eigenvalue weighted by Gasteiger charge is -2.38. The van der Waals surface area contributed by atoms with Gasteiger partial charge in [0.15, 0.2) is 0 Å². The first kappa shape index (κ1) is 15.0. The number of benzene rings is 2. The van der Waals surface area contributed by atoms with E-state index in [0.717, 1.165) is 24.2 Å². The van der Waals surface area contributed by atoms with Crippen LogP contribution < -0.4 is 11.5 Å². The number of anilines is 2. The van der Waals surface area contributed by atoms with Gasteiger partial charge in [-0.25, -0.2) is 0 Å². The molecule has 2 nitrogen and oxygen atoms in total. The van der Waals surface area contributed by atoms with Gasteiger partial charge < -0.3 is 11.5 Å². The predicted molar refractivity (Wildman–Crippen MR) is 94.6 cm³/mol. The summed E-state index contributed by atoms with van der Waals surface area (Å²) in [5.41, 5.74) is 16.5. The second-order valence-corrected chi connectivity index (χ2v) is 6.90. The highest BCUT2D eigenvalue weighted by Gasteiger charge is 2.32. The van der Waals surface area contributed by atoms with Crippen LogP contribution >= 0.6 is 0 Å². The van der Waals surface area contributed by atoms with Gasteiger partial charge in [0.1, 0.15) is 0 Å². The van der Waals surface area contributed by atoms with Crippen molar-refractivity contribution in [2.24, 2.45) is 5.41 Å². The van der Waals surface area contributed by atoms with Gasteiger partial charge in [-0.15, -0.1) is 0 Å². The molecule has 1 fully saturated rings. The van der Waals surface area contributed by atoms with Crippen molar-refractivity contribution in [1.29, 1.82) is 0 Å². The summed E-state index contributed by atoms with van der Waals surface area (Å²) in [6.07, 6.45) is 9.03. The molecular formula is C20H26N2. The second-order valence-electron chi connectivity index (χ2n) is 6.90. The molecule has 1 aliphatic rings. The fourth-order valence-corrected chi connectivity index (χ4v) is 3.85. The largest absolute Gasteiger partial charge is 0.399 e. The lowest BCUT2D eigenvalue weighted by molar-refractivity contribution is 0.186. The van der Waals surface area contributed by atoms with E-state index in [1.165, 1.54) is 43.2 Å². The fourth-order valence-electron chi connectivity index (χ4n) is 3.85. The van der Waals surface area contributed by atoms with Gasteiger partial charge in [0.05, 0.1) is 0 Å². The Hall–Kier alpha value is -1.96. The van der Waals surface area contributed by atoms with E-state index >= 15 is 0 Å². The molecule has 0 heterocycles. The predicted octanol–water partition coefficient (Wildman–Crippen LogP) is 4.59. The minimum atomic E-state index is 0.393. The number of hydrogen-bond donors (Lipinski definition) is 2. The molecule has 0 radical (unpaired) electrons. The molecule has 0 bridgehead atoms. The molecule has 2 aromatic rings. The second kappa shape index (κ2) is 6.43. The van der Waals surface area contributed by atoms with Gasteiger partial charge in [-0.1, -0.05) is 43.5 Å². The Morgan fingerprint density at radius 3 is 1.45 bits per heavy atom. The van der Waals surface area contributed by atoms with Gasteiger partial charge in [0, 0.05) is 11.4 Å². The molecule has 3 rings (SSSR count). The zero-order valence-corrected chi connectivity index (χ0v) is 13.2. The normalized spacial score (nSPS) is 17.3. The molecule has 0 saturated heterocycles. The lowest BCUT2D eigenvalue weighted by Crippen LogP contribution is -2.29. The first-order chi connectivity index (χ1) is 10.7. The van der Waals surface area contributed by atoms with Crippen LogP contribution in [-0.2, 0) is 12.8 Å². The van der Waals surface area contributed by atoms with Crippen molar-refractivity contribution >= 4 is 11.4 Å². The summed E-state index contributed by atoms with van der Waals surface area (Å²) in [6.45, 7) is 0. The van der Waals surface area contributed by atoms with E-state index < -0.39 is 0 Å². The topological polar surface area (TPSA) is 52.0 Å². The molecule has 22 heavy (non-hydrogen) atoms. The van der Waals surface area contributed by atoms with E-state index in [2.05, 4.69) is 24.3 Å². The summed E-state index contributed by atoms with van der Waals surface area (Å²) in [7, 11) is 0. The van der Waals surface area contributed by atoms with Crippen molar-refractivity contribution in [1.82, 2.24) is 0 Å². The summed E-state index contributed by atoms with van der Waals surface area (Å²) >= 11 is 0. The molecule has 1 saturated carbocycles. The minimum absolute atomic E-state index is 0.393. The average molecular weight is 294 g/mol. The molecule has 0 aromatic heterocycles. The number of rotatable bonds is 4. The molecule has 0 amide bonds. The Bertz CT molecular complexity index is 543. The smallest absolute Gasteiger partial charge is 0.0314 e. The Labute approximate surface area is 133 Å². The van der Waals surface area contributed by atoms with E-state index in [9.17, 15) is 0 Å². The summed E-state index contributed by atoms with van der Waals surface area (Å²) in [6, 6.07) is 16.8. The van der Waals surface area contributed by atoms with Crippen LogP contribution in [0.2, 0.25) is 0 Å². The van der Waals surface area contributed by atoms with Gasteiger partial charge in [-0.3, -0.25) is 0 Å². The van der Waals surface area contributed by atoms with Crippen LogP contribution in [0.1, 0.15) is 43.2 Å². The highest BCUT2D eigenvalue weighted by Crippen LogP contribution is 2.42. The minimum Gasteiger partial charge on any atom is -0.399 e. The van der Waals surface area contributed by atoms with E-state index in [-0.39, 0.29) is 0 Å². The maximum absolute atomic E-state index is 5.82. The maximum atomic E-state index is 5.82. The summed E-state index contributed by atoms with van der Waals surface area (Å²) in [4.78, 5) is 0. The molecule has 1 aliphatic carbocycles. The number of nitrogen functional groups attached to an aromatic ring is 2. The van der Waals surface area contributed by atoms with Crippen LogP contribution in [0.3, 0.4) is 0 Å². The monoisotopic (exact) mass is 294 g/mol. The van der Waals surface area contributed by atoms with Gasteiger partial charge in [-0.2, -0.15) is 0 Å². The van der Waals surface area contributed by atoms with Crippen molar-refractivity contribution < 1.29 is 0 Å². The fraction of sp³-hybridized carbons (Fsp3) is 0.400. The molecule has 116 valence electrons. The average Bonchev–Trinajstić information content (AvgIpc) is 2.53. The molecule has 0 spiro atoms. The van der Waals surface area contributed by atoms with E-state index in [4.69, 9.17) is 11.5 Å². The zero-order chi connectivity index (χ0) is 15.4. The summed E-state index contributed by atoms with van der Waals surface area (Å²) < 4.78 is 0. The van der Waals surface area contributed by atoms with Crippen LogP contribution in [0, 0.1) is 5.41 Å². The van der Waals surface area contributed by atoms with Crippen molar-refractivity contribution in [2.75, 3.05) is 11.5 Å². The first-order valence-electron chi connectivity index (χ1n) is 8.34. The van der Waals surface area contributed by atoms with Crippen LogP contribution in [0.25, 0.3) is 0 Å². The van der Waals surface area contributed by atoms with Crippen LogP contribution in [-0.4, -0.2) is 0 Å². The van der Waals surface area contributed by atoms with E-state index in [1.807, 2.05) is 24.3 Å². The van der Waals surface area contributed by atoms with Crippen molar-refractivity contribution in [3.63, 3.8) is 0 Å². The third kappa shape index (κ3) is 3.62. The third-order valence-electron chi connectivity index (χ3n) is 5.03. The van der Waals surface area contributed by atoms with Gasteiger partial charge >= 0.3 is 0 Å². The van der Waals surface area contributed by atoms with Crippen molar-refractivity contribution in [3.8, 4) is 0 Å². The highest BCUT2D eigenvalue weighted by molar-refractivity contribution is 5.41. The maximum Gasteiger partial charge on any atom is 0.0314 e. The molecule has 2 aromatic carbocycles. The molecule has 0 aliphatic heterocycles. The van der Waals surface area contributed by atoms with Crippen molar-refractivity contribution in [2.45, 2.75) is 44.9 Å². The Morgan fingerprint density at radius 2 is 1.05 bits per heavy atom. The standard InChI is InChI=1S/C20H26N2/c21-18-8-4-16(5-9-18)14-20(12-2-1-3-13-20)15-17-6-10-19(22)11-7-17/h4-11H,1-3,12-15,21-22H2. The lowest BCUT2D eigenvalue weighted by atomic mass is 9.67. The molecule has 0 unspecified atom stereocenters. The molecule has 4 N–H and O–H groups in total. The third-order valence-corrected chi connectivity index (χ3v) is 5.03. The van der Waals surface area contributed by atoms with Gasteiger partial charge in [-0.05, 0) is 66.5 Å². The van der Waals surface area contributed by atoms with E-state index in [0.29, 0.717) is 5.41 Å². The SMILES string of the molecule is Nc1ccc(CC2(Cc3ccc(N)cc3)CCCCC2)cc1. The number of hydrogen-bond acceptors (Lipinski definition) is 2. The quantitative estimate of drug-likeness (QED) is 0.810. The van der Waals surface area contributed by atoms with Gasteiger partial charge in [0.2, 0.25) is 0 Å². The molecular weight excluding hydrogens is 268 g/mol. The zero-order valence-electron chi connectivity index (χ0n) is 13.2. The highest BCUT2D eigenvalue weighted by atomic mass is 14.5. The first-order valence-corrected chi connectivity index (χ1v) is 8.34. The Morgan fingerprint density at radius 1 is 0.636 bits per heavy atom. The molecule has 2 heteroatoms. The molecule has 0 atom stereocenters. The summed E-state index contributed by atoms with van der Waals surface area (Å²) in [5, 5.41) is 0. The Balaban J connectivity index is 1.80. The van der Waals surface area contributed by atoms with Crippen LogP contribution in [0.5, 0.6) is 0 Å². The van der Waals surface area contributed by atoms with Crippen LogP contribution in [0.4, 0.5) is 11.4 Å². The number of nitrogens with two attached hydrogens (primary N) is 2. The van der Waals surface area contributed by atoms with Crippen molar-refractivity contribution in [3.05, 3.63) is 59.7 Å². The van der Waals surface area contributed by atoms with Gasteiger partial charge in [0.25, 0.3) is 0 Å². The van der Waals surface area contributed by atoms with E-state index in [1.54, 1.807) is 0 Å². The Kier molecular flexibility index (Phi) is 4.37.